The van der Waals surface area contributed by atoms with E-state index in [9.17, 15) is 14.7 Å². The van der Waals surface area contributed by atoms with Gasteiger partial charge in [-0.1, -0.05) is 27.3 Å². The van der Waals surface area contributed by atoms with Crippen molar-refractivity contribution in [3.8, 4) is 17.2 Å². The number of nitrogens with zero attached hydrogens (tertiary/aromatic N) is 3. The van der Waals surface area contributed by atoms with Crippen LogP contribution in [0.3, 0.4) is 0 Å². The van der Waals surface area contributed by atoms with Crippen LogP contribution < -0.4 is 29.3 Å². The fraction of sp³-hybridized carbons (Fsp3) is 0.367. The Bertz CT molecular complexity index is 1670. The van der Waals surface area contributed by atoms with Crippen LogP contribution in [0, 0.1) is 0 Å². The third-order valence-corrected chi connectivity index (χ3v) is 8.49. The lowest BCUT2D eigenvalue weighted by molar-refractivity contribution is -0.139. The summed E-state index contributed by atoms with van der Waals surface area (Å²) < 4.78 is 19.2. The van der Waals surface area contributed by atoms with Gasteiger partial charge in [-0.25, -0.2) is 9.79 Å². The first-order valence-electron chi connectivity index (χ1n) is 13.5. The maximum atomic E-state index is 14.0. The minimum Gasteiger partial charge on any atom is -0.507 e. The lowest BCUT2D eigenvalue weighted by Crippen LogP contribution is -2.40. The number of phenols is 1. The second-order valence-corrected chi connectivity index (χ2v) is 11.0. The molecule has 0 amide bonds. The summed E-state index contributed by atoms with van der Waals surface area (Å²) in [4.78, 5) is 34.4. The van der Waals surface area contributed by atoms with Crippen LogP contribution in [0.15, 0.2) is 55.9 Å². The molecule has 0 saturated heterocycles. The average molecular weight is 645 g/mol. The summed E-state index contributed by atoms with van der Waals surface area (Å²) in [5, 5.41) is 10.8. The molecular formula is C30H34BrN3O6S. The number of aromatic hydroxyl groups is 1. The van der Waals surface area contributed by atoms with E-state index in [0.717, 1.165) is 18.8 Å². The van der Waals surface area contributed by atoms with E-state index in [4.69, 9.17) is 14.2 Å². The highest BCUT2D eigenvalue weighted by Crippen LogP contribution is 2.41. The number of esters is 1. The Kier molecular flexibility index (Phi) is 9.60. The quantitative estimate of drug-likeness (QED) is 0.324. The van der Waals surface area contributed by atoms with Crippen molar-refractivity contribution >= 4 is 45.0 Å². The molecule has 2 aromatic carbocycles. The predicted molar refractivity (Wildman–Crippen MR) is 164 cm³/mol. The normalized spacial score (nSPS) is 14.9. The van der Waals surface area contributed by atoms with E-state index in [2.05, 4.69) is 39.7 Å². The fourth-order valence-electron chi connectivity index (χ4n) is 4.85. The number of methoxy groups -OCH3 is 1. The summed E-state index contributed by atoms with van der Waals surface area (Å²) in [5.41, 5.74) is 2.38. The number of rotatable bonds is 10. The molecule has 1 aliphatic rings. The van der Waals surface area contributed by atoms with Crippen LogP contribution >= 0.6 is 27.3 Å². The van der Waals surface area contributed by atoms with Gasteiger partial charge in [-0.05, 0) is 70.5 Å². The molecule has 41 heavy (non-hydrogen) atoms. The Morgan fingerprint density at radius 2 is 1.88 bits per heavy atom. The Morgan fingerprint density at radius 1 is 1.15 bits per heavy atom. The van der Waals surface area contributed by atoms with E-state index in [1.165, 1.54) is 23.0 Å². The number of thiazole rings is 1. The van der Waals surface area contributed by atoms with E-state index >= 15 is 0 Å². The zero-order valence-electron chi connectivity index (χ0n) is 24.0. The molecule has 1 aliphatic heterocycles. The smallest absolute Gasteiger partial charge is 0.338 e. The van der Waals surface area contributed by atoms with Crippen molar-refractivity contribution in [1.29, 1.82) is 0 Å². The van der Waals surface area contributed by atoms with E-state index < -0.39 is 12.0 Å². The maximum Gasteiger partial charge on any atom is 0.338 e. The van der Waals surface area contributed by atoms with E-state index in [1.54, 1.807) is 44.2 Å². The number of hydrogen-bond acceptors (Lipinski definition) is 9. The molecule has 0 saturated carbocycles. The highest BCUT2D eigenvalue weighted by atomic mass is 79.9. The summed E-state index contributed by atoms with van der Waals surface area (Å²) >= 11 is 4.82. The van der Waals surface area contributed by atoms with Gasteiger partial charge in [-0.2, -0.15) is 0 Å². The first kappa shape index (κ1) is 30.4. The van der Waals surface area contributed by atoms with E-state index in [0.29, 0.717) is 48.7 Å². The zero-order valence-corrected chi connectivity index (χ0v) is 26.4. The number of carbonyl (C=O) groups excluding carboxylic acids is 1. The Morgan fingerprint density at radius 3 is 2.49 bits per heavy atom. The van der Waals surface area contributed by atoms with Crippen LogP contribution in [0.1, 0.15) is 51.8 Å². The van der Waals surface area contributed by atoms with Crippen LogP contribution in [-0.2, 0) is 9.53 Å². The Labute approximate surface area is 251 Å². The van der Waals surface area contributed by atoms with Crippen LogP contribution in [0.5, 0.6) is 17.2 Å². The molecule has 2 heterocycles. The number of ether oxygens (including phenoxy) is 3. The second-order valence-electron chi connectivity index (χ2n) is 9.18. The van der Waals surface area contributed by atoms with Gasteiger partial charge in [0.25, 0.3) is 5.56 Å². The highest BCUT2D eigenvalue weighted by molar-refractivity contribution is 9.10. The zero-order chi connectivity index (χ0) is 29.8. The SMILES string of the molecule is CCOC(=O)C1=C(C)N=c2s/c(=C/c3ccc(N(CC)CC)cc3O)c(=O)n2[C@H]1c1cc(OC)c(OCC)cc1Br. The summed E-state index contributed by atoms with van der Waals surface area (Å²) in [6, 6.07) is 8.09. The van der Waals surface area contributed by atoms with Crippen molar-refractivity contribution in [3.05, 3.63) is 76.9 Å². The molecular weight excluding hydrogens is 610 g/mol. The van der Waals surface area contributed by atoms with Crippen molar-refractivity contribution in [2.45, 2.75) is 40.7 Å². The Balaban J connectivity index is 1.94. The van der Waals surface area contributed by atoms with Crippen LogP contribution in [0.4, 0.5) is 5.69 Å². The lowest BCUT2D eigenvalue weighted by Gasteiger charge is -2.26. The monoisotopic (exact) mass is 643 g/mol. The molecule has 0 spiro atoms. The molecule has 1 N–H and O–H groups in total. The van der Waals surface area contributed by atoms with Crippen LogP contribution in [0.25, 0.3) is 6.08 Å². The maximum absolute atomic E-state index is 14.0. The number of aromatic nitrogens is 1. The molecule has 0 radical (unpaired) electrons. The molecule has 0 bridgehead atoms. The molecule has 0 aliphatic carbocycles. The molecule has 9 nitrogen and oxygen atoms in total. The minimum absolute atomic E-state index is 0.0687. The third kappa shape index (κ3) is 5.92. The van der Waals surface area contributed by atoms with Crippen molar-refractivity contribution in [2.24, 2.45) is 4.99 Å². The van der Waals surface area contributed by atoms with Gasteiger partial charge < -0.3 is 24.2 Å². The summed E-state index contributed by atoms with van der Waals surface area (Å²) in [6.07, 6.45) is 1.65. The fourth-order valence-corrected chi connectivity index (χ4v) is 6.43. The topological polar surface area (TPSA) is 103 Å². The molecule has 4 rings (SSSR count). The molecule has 1 aromatic heterocycles. The number of benzene rings is 2. The van der Waals surface area contributed by atoms with Gasteiger partial charge in [0.15, 0.2) is 16.3 Å². The number of allylic oxidation sites excluding steroid dienone is 1. The van der Waals surface area contributed by atoms with Crippen LogP contribution in [0.2, 0.25) is 0 Å². The number of halogens is 1. The van der Waals surface area contributed by atoms with Crippen LogP contribution in [-0.4, -0.2) is 49.1 Å². The Hall–Kier alpha value is -3.57. The predicted octanol–water partition coefficient (Wildman–Crippen LogP) is 4.52. The van der Waals surface area contributed by atoms with Gasteiger partial charge in [-0.3, -0.25) is 9.36 Å². The average Bonchev–Trinajstić information content (AvgIpc) is 3.24. The summed E-state index contributed by atoms with van der Waals surface area (Å²) in [6.45, 7) is 11.7. The van der Waals surface area contributed by atoms with Crippen molar-refractivity contribution < 1.29 is 24.1 Å². The minimum atomic E-state index is -0.843. The number of phenolic OH excluding ortho intramolecular Hbond substituents is 1. The number of hydrogen-bond donors (Lipinski definition) is 1. The second kappa shape index (κ2) is 12.9. The van der Waals surface area contributed by atoms with Gasteiger partial charge in [0.2, 0.25) is 0 Å². The molecule has 0 unspecified atom stereocenters. The van der Waals surface area contributed by atoms with Gasteiger partial charge >= 0.3 is 5.97 Å². The molecule has 0 fully saturated rings. The standard InChI is InChI=1S/C30H34BrN3O6S/c1-7-33(8-2)19-12-11-18(22(35)14-19)13-25-28(36)34-27(20-15-23(38-6)24(39-9-3)16-21(20)31)26(29(37)40-10-4)17(5)32-30(34)41-25/h11-16,27,35H,7-10H2,1-6H3/b25-13+/t27-/m0/s1. The van der Waals surface area contributed by atoms with Crippen molar-refractivity contribution in [3.63, 3.8) is 0 Å². The first-order chi connectivity index (χ1) is 19.7. The first-order valence-corrected chi connectivity index (χ1v) is 15.1. The highest BCUT2D eigenvalue weighted by Gasteiger charge is 2.35. The molecule has 1 atom stereocenters. The van der Waals surface area contributed by atoms with Crippen molar-refractivity contribution in [2.75, 3.05) is 38.3 Å². The number of anilines is 1. The molecule has 3 aromatic rings. The van der Waals surface area contributed by atoms with Crippen molar-refractivity contribution in [1.82, 2.24) is 4.57 Å². The van der Waals surface area contributed by atoms with E-state index in [-0.39, 0.29) is 23.5 Å². The number of carbonyl (C=O) groups is 1. The number of fused-ring (bicyclic) bond motifs is 1. The third-order valence-electron chi connectivity index (χ3n) is 6.82. The van der Waals surface area contributed by atoms with Gasteiger partial charge in [-0.15, -0.1) is 0 Å². The molecule has 218 valence electrons. The van der Waals surface area contributed by atoms with Gasteiger partial charge in [0.1, 0.15) is 5.75 Å². The lowest BCUT2D eigenvalue weighted by atomic mass is 9.95. The largest absolute Gasteiger partial charge is 0.507 e. The van der Waals surface area contributed by atoms with E-state index in [1.807, 2.05) is 13.0 Å². The summed E-state index contributed by atoms with van der Waals surface area (Å²) in [5.74, 6) is 0.500. The van der Waals surface area contributed by atoms with Gasteiger partial charge in [0.05, 0.1) is 42.2 Å². The van der Waals surface area contributed by atoms with Gasteiger partial charge in [0, 0.05) is 34.9 Å². The molecule has 11 heteroatoms. The summed E-state index contributed by atoms with van der Waals surface area (Å²) in [7, 11) is 1.53.